The third-order valence-corrected chi connectivity index (χ3v) is 4.08. The quantitative estimate of drug-likeness (QED) is 0.774. The molecule has 1 aliphatic heterocycles. The number of hydrogen-bond donors (Lipinski definition) is 0. The molecule has 3 nitrogen and oxygen atoms in total. The highest BCUT2D eigenvalue weighted by molar-refractivity contribution is 6.29. The predicted molar refractivity (Wildman–Crippen MR) is 77.6 cm³/mol. The van der Waals surface area contributed by atoms with E-state index in [1.807, 2.05) is 17.9 Å². The second-order valence-corrected chi connectivity index (χ2v) is 5.75. The summed E-state index contributed by atoms with van der Waals surface area (Å²) in [6, 6.07) is 4.14. The number of likely N-dealkylation sites (tertiary alicyclic amines) is 1. The smallest absolute Gasteiger partial charge is 0.254 e. The second-order valence-electron chi connectivity index (χ2n) is 5.36. The van der Waals surface area contributed by atoms with E-state index in [4.69, 9.17) is 11.6 Å². The van der Waals surface area contributed by atoms with Gasteiger partial charge in [0.25, 0.3) is 5.91 Å². The van der Waals surface area contributed by atoms with E-state index in [9.17, 15) is 4.79 Å². The fourth-order valence-electron chi connectivity index (χ4n) is 2.83. The second kappa shape index (κ2) is 5.91. The van der Waals surface area contributed by atoms with Gasteiger partial charge in [-0.15, -0.1) is 0 Å². The largest absolute Gasteiger partial charge is 0.333 e. The summed E-state index contributed by atoms with van der Waals surface area (Å²) in [5, 5.41) is 0.403. The molecule has 1 aliphatic rings. The molecule has 1 aromatic heterocycles. The van der Waals surface area contributed by atoms with Crippen molar-refractivity contribution in [2.45, 2.75) is 58.5 Å². The van der Waals surface area contributed by atoms with Crippen molar-refractivity contribution in [2.75, 3.05) is 0 Å². The monoisotopic (exact) mass is 280 g/mol. The third-order valence-electron chi connectivity index (χ3n) is 3.88. The molecule has 4 heteroatoms. The van der Waals surface area contributed by atoms with Crippen LogP contribution in [0.1, 0.15) is 56.1 Å². The zero-order valence-corrected chi connectivity index (χ0v) is 12.6. The number of nitrogens with zero attached hydrogens (tertiary/aromatic N) is 2. The first-order valence-electron chi connectivity index (χ1n) is 7.02. The van der Waals surface area contributed by atoms with E-state index < -0.39 is 0 Å². The third kappa shape index (κ3) is 3.08. The van der Waals surface area contributed by atoms with Gasteiger partial charge in [-0.25, -0.2) is 4.98 Å². The molecule has 2 rings (SSSR count). The van der Waals surface area contributed by atoms with Gasteiger partial charge in [0.15, 0.2) is 0 Å². The maximum atomic E-state index is 12.7. The summed E-state index contributed by atoms with van der Waals surface area (Å²) in [6.45, 7) is 6.26. The minimum absolute atomic E-state index is 0.0821. The SMILES string of the molecule is CCc1cc(C(=O)N2[C@H](C)CCC[C@@H]2C)cc(Cl)n1. The van der Waals surface area contributed by atoms with E-state index in [1.54, 1.807) is 6.07 Å². The van der Waals surface area contributed by atoms with Crippen molar-refractivity contribution in [3.05, 3.63) is 28.5 Å². The Morgan fingerprint density at radius 1 is 1.37 bits per heavy atom. The molecule has 1 amide bonds. The van der Waals surface area contributed by atoms with Crippen molar-refractivity contribution in [3.63, 3.8) is 0 Å². The Balaban J connectivity index is 2.30. The van der Waals surface area contributed by atoms with Crippen LogP contribution in [0.5, 0.6) is 0 Å². The molecule has 0 aliphatic carbocycles. The Hall–Kier alpha value is -1.09. The molecule has 0 radical (unpaired) electrons. The van der Waals surface area contributed by atoms with Crippen molar-refractivity contribution in [3.8, 4) is 0 Å². The highest BCUT2D eigenvalue weighted by Gasteiger charge is 2.29. The maximum absolute atomic E-state index is 12.7. The highest BCUT2D eigenvalue weighted by atomic mass is 35.5. The molecule has 19 heavy (non-hydrogen) atoms. The van der Waals surface area contributed by atoms with E-state index in [0.29, 0.717) is 22.8 Å². The Morgan fingerprint density at radius 3 is 2.58 bits per heavy atom. The number of rotatable bonds is 2. The van der Waals surface area contributed by atoms with Crippen LogP contribution in [0.25, 0.3) is 0 Å². The molecule has 2 atom stereocenters. The molecular formula is C15H21ClN2O. The Morgan fingerprint density at radius 2 is 2.00 bits per heavy atom. The molecule has 1 fully saturated rings. The van der Waals surface area contributed by atoms with Crippen molar-refractivity contribution in [2.24, 2.45) is 0 Å². The Bertz CT molecular complexity index is 465. The average molecular weight is 281 g/mol. The summed E-state index contributed by atoms with van der Waals surface area (Å²) in [5.41, 5.74) is 1.53. The van der Waals surface area contributed by atoms with Crippen LogP contribution in [-0.2, 0) is 6.42 Å². The first kappa shape index (κ1) is 14.3. The van der Waals surface area contributed by atoms with Crippen molar-refractivity contribution < 1.29 is 4.79 Å². The lowest BCUT2D eigenvalue weighted by molar-refractivity contribution is 0.0510. The van der Waals surface area contributed by atoms with Crippen LogP contribution >= 0.6 is 11.6 Å². The lowest BCUT2D eigenvalue weighted by Gasteiger charge is -2.39. The summed E-state index contributed by atoms with van der Waals surface area (Å²) in [4.78, 5) is 18.9. The zero-order chi connectivity index (χ0) is 14.0. The highest BCUT2D eigenvalue weighted by Crippen LogP contribution is 2.25. The number of hydrogen-bond acceptors (Lipinski definition) is 2. The fraction of sp³-hybridized carbons (Fsp3) is 0.600. The minimum Gasteiger partial charge on any atom is -0.333 e. The summed E-state index contributed by atoms with van der Waals surface area (Å²) in [5.74, 6) is 0.0821. The zero-order valence-electron chi connectivity index (χ0n) is 11.8. The maximum Gasteiger partial charge on any atom is 0.254 e. The summed E-state index contributed by atoms with van der Waals surface area (Å²) < 4.78 is 0. The lowest BCUT2D eigenvalue weighted by Crippen LogP contribution is -2.47. The van der Waals surface area contributed by atoms with Crippen LogP contribution in [0.3, 0.4) is 0 Å². The van der Waals surface area contributed by atoms with Gasteiger partial charge in [-0.1, -0.05) is 18.5 Å². The first-order chi connectivity index (χ1) is 9.02. The summed E-state index contributed by atoms with van der Waals surface area (Å²) >= 11 is 6.00. The number of halogens is 1. The van der Waals surface area contributed by atoms with Gasteiger partial charge in [-0.05, 0) is 51.7 Å². The Kier molecular flexibility index (Phi) is 4.46. The van der Waals surface area contributed by atoms with Gasteiger partial charge < -0.3 is 4.90 Å². The van der Waals surface area contributed by atoms with Gasteiger partial charge in [0.2, 0.25) is 0 Å². The van der Waals surface area contributed by atoms with E-state index >= 15 is 0 Å². The van der Waals surface area contributed by atoms with Crippen LogP contribution in [0.15, 0.2) is 12.1 Å². The molecule has 1 saturated heterocycles. The molecule has 0 saturated carbocycles. The van der Waals surface area contributed by atoms with E-state index in [2.05, 4.69) is 18.8 Å². The van der Waals surface area contributed by atoms with Crippen LogP contribution in [0.4, 0.5) is 0 Å². The van der Waals surface area contributed by atoms with Crippen LogP contribution in [-0.4, -0.2) is 27.9 Å². The number of amides is 1. The Labute approximate surface area is 120 Å². The molecule has 2 heterocycles. The van der Waals surface area contributed by atoms with Crippen LogP contribution in [0, 0.1) is 0 Å². The normalized spacial score (nSPS) is 23.5. The van der Waals surface area contributed by atoms with Gasteiger partial charge in [0.1, 0.15) is 5.15 Å². The molecule has 0 aromatic carbocycles. The average Bonchev–Trinajstić information content (AvgIpc) is 2.37. The summed E-state index contributed by atoms with van der Waals surface area (Å²) in [7, 11) is 0. The topological polar surface area (TPSA) is 33.2 Å². The molecule has 0 N–H and O–H groups in total. The van der Waals surface area contributed by atoms with Gasteiger partial charge in [-0.2, -0.15) is 0 Å². The van der Waals surface area contributed by atoms with E-state index in [-0.39, 0.29) is 5.91 Å². The number of aromatic nitrogens is 1. The van der Waals surface area contributed by atoms with Crippen molar-refractivity contribution in [1.29, 1.82) is 0 Å². The van der Waals surface area contributed by atoms with Gasteiger partial charge in [0, 0.05) is 23.3 Å². The van der Waals surface area contributed by atoms with Crippen molar-refractivity contribution >= 4 is 17.5 Å². The number of piperidine rings is 1. The van der Waals surface area contributed by atoms with Crippen LogP contribution < -0.4 is 0 Å². The van der Waals surface area contributed by atoms with E-state index in [0.717, 1.165) is 25.0 Å². The van der Waals surface area contributed by atoms with Crippen LogP contribution in [0.2, 0.25) is 5.15 Å². The van der Waals surface area contributed by atoms with Gasteiger partial charge in [-0.3, -0.25) is 4.79 Å². The van der Waals surface area contributed by atoms with Gasteiger partial charge >= 0.3 is 0 Å². The van der Waals surface area contributed by atoms with Gasteiger partial charge in [0.05, 0.1) is 0 Å². The standard InChI is InChI=1S/C15H21ClN2O/c1-4-13-8-12(9-14(16)17-13)15(19)18-10(2)6-5-7-11(18)3/h8-11H,4-7H2,1-3H3/t10-,11+. The molecule has 0 bridgehead atoms. The molecule has 0 unspecified atom stereocenters. The minimum atomic E-state index is 0.0821. The number of carbonyl (C=O) groups is 1. The number of aryl methyl sites for hydroxylation is 1. The number of pyridine rings is 1. The molecular weight excluding hydrogens is 260 g/mol. The fourth-order valence-corrected chi connectivity index (χ4v) is 3.05. The predicted octanol–water partition coefficient (Wildman–Crippen LogP) is 3.70. The molecule has 1 aromatic rings. The number of carbonyl (C=O) groups excluding carboxylic acids is 1. The lowest BCUT2D eigenvalue weighted by atomic mass is 9.96. The molecule has 0 spiro atoms. The first-order valence-corrected chi connectivity index (χ1v) is 7.39. The van der Waals surface area contributed by atoms with Crippen molar-refractivity contribution in [1.82, 2.24) is 9.88 Å². The summed E-state index contributed by atoms with van der Waals surface area (Å²) in [6.07, 6.45) is 4.14. The van der Waals surface area contributed by atoms with E-state index in [1.165, 1.54) is 6.42 Å². The molecule has 104 valence electrons.